The number of aliphatic hydroxyl groups is 1. The molecule has 15 heavy (non-hydrogen) atoms. The summed E-state index contributed by atoms with van der Waals surface area (Å²) >= 11 is 0. The zero-order valence-corrected chi connectivity index (χ0v) is 9.04. The number of nitrogens with one attached hydrogen (secondary N) is 1. The highest BCUT2D eigenvalue weighted by molar-refractivity contribution is 5.79. The molecule has 2 aliphatic carbocycles. The summed E-state index contributed by atoms with van der Waals surface area (Å²) < 4.78 is 0. The summed E-state index contributed by atoms with van der Waals surface area (Å²) in [4.78, 5) is 11.7. The molecule has 0 spiro atoms. The summed E-state index contributed by atoms with van der Waals surface area (Å²) in [7, 11) is 0. The number of carbonyl (C=O) groups is 1. The Morgan fingerprint density at radius 3 is 2.60 bits per heavy atom. The molecule has 0 radical (unpaired) electrons. The van der Waals surface area contributed by atoms with E-state index in [0.717, 1.165) is 38.6 Å². The second-order valence-electron chi connectivity index (χ2n) is 4.83. The highest BCUT2D eigenvalue weighted by Gasteiger charge is 2.42. The standard InChI is InChI=1S/C12H19NO2/c14-8-7-12(5-6-12)9-13-11(15)10-3-1-2-4-10/h1-2,10,14H,3-9H2,(H,13,15). The minimum atomic E-state index is 0.162. The molecule has 2 rings (SSSR count). The molecule has 1 saturated carbocycles. The first-order valence-electron chi connectivity index (χ1n) is 5.79. The average molecular weight is 209 g/mol. The van der Waals surface area contributed by atoms with Gasteiger partial charge in [0.05, 0.1) is 0 Å². The Balaban J connectivity index is 1.71. The van der Waals surface area contributed by atoms with E-state index in [4.69, 9.17) is 5.11 Å². The van der Waals surface area contributed by atoms with E-state index in [2.05, 4.69) is 17.5 Å². The van der Waals surface area contributed by atoms with Crippen LogP contribution in [0.15, 0.2) is 12.2 Å². The van der Waals surface area contributed by atoms with Crippen LogP contribution in [0.1, 0.15) is 32.1 Å². The number of hydrogen-bond donors (Lipinski definition) is 2. The van der Waals surface area contributed by atoms with Crippen LogP contribution in [-0.2, 0) is 4.79 Å². The molecule has 2 N–H and O–H groups in total. The molecule has 1 fully saturated rings. The quantitative estimate of drug-likeness (QED) is 0.669. The molecule has 0 aromatic rings. The van der Waals surface area contributed by atoms with Crippen molar-refractivity contribution in [3.8, 4) is 0 Å². The second-order valence-corrected chi connectivity index (χ2v) is 4.83. The van der Waals surface area contributed by atoms with Crippen molar-refractivity contribution in [3.05, 3.63) is 12.2 Å². The van der Waals surface area contributed by atoms with Crippen LogP contribution in [0.5, 0.6) is 0 Å². The summed E-state index contributed by atoms with van der Waals surface area (Å²) in [6, 6.07) is 0. The van der Waals surface area contributed by atoms with Crippen LogP contribution in [0.3, 0.4) is 0 Å². The Bertz CT molecular complexity index is 261. The van der Waals surface area contributed by atoms with Gasteiger partial charge < -0.3 is 10.4 Å². The Labute approximate surface area is 90.6 Å². The molecule has 0 aromatic heterocycles. The van der Waals surface area contributed by atoms with Crippen molar-refractivity contribution >= 4 is 5.91 Å². The average Bonchev–Trinajstić information content (AvgIpc) is 2.81. The first-order chi connectivity index (χ1) is 7.26. The molecule has 1 amide bonds. The van der Waals surface area contributed by atoms with Gasteiger partial charge in [-0.25, -0.2) is 0 Å². The summed E-state index contributed by atoms with van der Waals surface area (Å²) in [5, 5.41) is 11.9. The van der Waals surface area contributed by atoms with Gasteiger partial charge in [-0.3, -0.25) is 4.79 Å². The molecule has 0 unspecified atom stereocenters. The topological polar surface area (TPSA) is 49.3 Å². The maximum absolute atomic E-state index is 11.7. The lowest BCUT2D eigenvalue weighted by Gasteiger charge is -2.16. The molecule has 0 bridgehead atoms. The molecule has 0 atom stereocenters. The van der Waals surface area contributed by atoms with E-state index in [9.17, 15) is 4.79 Å². The minimum absolute atomic E-state index is 0.162. The Hall–Kier alpha value is -0.830. The third-order valence-electron chi connectivity index (χ3n) is 3.62. The number of amides is 1. The normalized spacial score (nSPS) is 23.0. The van der Waals surface area contributed by atoms with Crippen molar-refractivity contribution in [2.24, 2.45) is 11.3 Å². The van der Waals surface area contributed by atoms with Gasteiger partial charge in [0, 0.05) is 19.1 Å². The predicted octanol–water partition coefficient (Wildman–Crippen LogP) is 1.23. The Kier molecular flexibility index (Phi) is 3.10. The predicted molar refractivity (Wildman–Crippen MR) is 58.2 cm³/mol. The summed E-state index contributed by atoms with van der Waals surface area (Å²) in [6.07, 6.45) is 9.05. The van der Waals surface area contributed by atoms with Crippen molar-refractivity contribution in [1.82, 2.24) is 5.32 Å². The number of hydrogen-bond acceptors (Lipinski definition) is 2. The van der Waals surface area contributed by atoms with E-state index in [1.807, 2.05) is 0 Å². The molecular weight excluding hydrogens is 190 g/mol. The van der Waals surface area contributed by atoms with Crippen LogP contribution in [0, 0.1) is 11.3 Å². The van der Waals surface area contributed by atoms with Crippen molar-refractivity contribution in [3.63, 3.8) is 0 Å². The van der Waals surface area contributed by atoms with Gasteiger partial charge >= 0.3 is 0 Å². The number of rotatable bonds is 5. The van der Waals surface area contributed by atoms with E-state index in [1.54, 1.807) is 0 Å². The monoisotopic (exact) mass is 209 g/mol. The SMILES string of the molecule is O=C(NCC1(CCO)CC1)C1CC=CC1. The molecular formula is C12H19NO2. The molecule has 0 heterocycles. The molecule has 3 heteroatoms. The lowest BCUT2D eigenvalue weighted by atomic mass is 10.0. The van der Waals surface area contributed by atoms with Crippen LogP contribution in [0.4, 0.5) is 0 Å². The summed E-state index contributed by atoms with van der Waals surface area (Å²) in [6.45, 7) is 0.990. The minimum Gasteiger partial charge on any atom is -0.396 e. The van der Waals surface area contributed by atoms with Crippen LogP contribution in [0.25, 0.3) is 0 Å². The van der Waals surface area contributed by atoms with E-state index in [0.29, 0.717) is 0 Å². The molecule has 3 nitrogen and oxygen atoms in total. The van der Waals surface area contributed by atoms with Gasteiger partial charge in [0.25, 0.3) is 0 Å². The van der Waals surface area contributed by atoms with Gasteiger partial charge in [0.15, 0.2) is 0 Å². The lowest BCUT2D eigenvalue weighted by Crippen LogP contribution is -2.34. The Morgan fingerprint density at radius 1 is 1.40 bits per heavy atom. The Morgan fingerprint density at radius 2 is 2.07 bits per heavy atom. The molecule has 2 aliphatic rings. The summed E-state index contributed by atoms with van der Waals surface area (Å²) in [5.41, 5.74) is 0.233. The van der Waals surface area contributed by atoms with Crippen LogP contribution in [-0.4, -0.2) is 24.2 Å². The molecule has 0 aromatic carbocycles. The van der Waals surface area contributed by atoms with Crippen molar-refractivity contribution < 1.29 is 9.90 Å². The fourth-order valence-corrected chi connectivity index (χ4v) is 2.18. The third kappa shape index (κ3) is 2.59. The number of carbonyl (C=O) groups excluding carboxylic acids is 1. The first-order valence-corrected chi connectivity index (χ1v) is 5.79. The van der Waals surface area contributed by atoms with Gasteiger partial charge in [0.2, 0.25) is 5.91 Å². The van der Waals surface area contributed by atoms with Crippen LogP contribution in [0.2, 0.25) is 0 Å². The number of aliphatic hydroxyl groups excluding tert-OH is 1. The van der Waals surface area contributed by atoms with E-state index >= 15 is 0 Å². The van der Waals surface area contributed by atoms with Gasteiger partial charge in [-0.1, -0.05) is 12.2 Å². The van der Waals surface area contributed by atoms with E-state index < -0.39 is 0 Å². The highest BCUT2D eigenvalue weighted by atomic mass is 16.3. The zero-order chi connectivity index (χ0) is 10.7. The fraction of sp³-hybridized carbons (Fsp3) is 0.750. The van der Waals surface area contributed by atoms with Crippen molar-refractivity contribution in [2.75, 3.05) is 13.2 Å². The highest BCUT2D eigenvalue weighted by Crippen LogP contribution is 2.47. The maximum Gasteiger partial charge on any atom is 0.223 e. The van der Waals surface area contributed by atoms with E-state index in [-0.39, 0.29) is 23.8 Å². The molecule has 0 saturated heterocycles. The fourth-order valence-electron chi connectivity index (χ4n) is 2.18. The first kappa shape index (κ1) is 10.7. The van der Waals surface area contributed by atoms with Gasteiger partial charge in [-0.15, -0.1) is 0 Å². The van der Waals surface area contributed by atoms with E-state index in [1.165, 1.54) is 0 Å². The van der Waals surface area contributed by atoms with Gasteiger partial charge in [-0.2, -0.15) is 0 Å². The summed E-state index contributed by atoms with van der Waals surface area (Å²) in [5.74, 6) is 0.346. The largest absolute Gasteiger partial charge is 0.396 e. The molecule has 84 valence electrons. The third-order valence-corrected chi connectivity index (χ3v) is 3.62. The second kappa shape index (κ2) is 4.35. The van der Waals surface area contributed by atoms with Crippen LogP contribution < -0.4 is 5.32 Å². The lowest BCUT2D eigenvalue weighted by molar-refractivity contribution is -0.124. The van der Waals surface area contributed by atoms with Gasteiger partial charge in [-0.05, 0) is 37.5 Å². The maximum atomic E-state index is 11.7. The van der Waals surface area contributed by atoms with Gasteiger partial charge in [0.1, 0.15) is 0 Å². The smallest absolute Gasteiger partial charge is 0.223 e. The van der Waals surface area contributed by atoms with Crippen LogP contribution >= 0.6 is 0 Å². The van der Waals surface area contributed by atoms with Crippen molar-refractivity contribution in [1.29, 1.82) is 0 Å². The molecule has 0 aliphatic heterocycles. The van der Waals surface area contributed by atoms with Crippen molar-refractivity contribution in [2.45, 2.75) is 32.1 Å². The number of allylic oxidation sites excluding steroid dienone is 2. The zero-order valence-electron chi connectivity index (χ0n) is 9.04.